The summed E-state index contributed by atoms with van der Waals surface area (Å²) in [6.45, 7) is 1.07. The number of aromatic nitrogens is 1. The monoisotopic (exact) mass is 364 g/mol. The van der Waals surface area contributed by atoms with Crippen molar-refractivity contribution >= 4 is 17.5 Å². The van der Waals surface area contributed by atoms with Gasteiger partial charge in [-0.25, -0.2) is 4.98 Å². The Hall–Kier alpha value is -2.85. The molecule has 4 nitrogen and oxygen atoms in total. The third-order valence-corrected chi connectivity index (χ3v) is 4.66. The summed E-state index contributed by atoms with van der Waals surface area (Å²) in [5, 5.41) is 0.480. The van der Waals surface area contributed by atoms with Gasteiger partial charge in [-0.3, -0.25) is 4.79 Å². The first kappa shape index (κ1) is 16.6. The van der Waals surface area contributed by atoms with Gasteiger partial charge in [0.15, 0.2) is 0 Å². The molecule has 1 fully saturated rings. The zero-order valence-electron chi connectivity index (χ0n) is 14.0. The molecule has 5 heteroatoms. The standard InChI is InChI=1S/C21H17ClN2O2/c22-19-7-4-12-23-20(19)26-18-13-24(14-18)21(25)17-10-8-16(9-11-17)15-5-2-1-3-6-15/h1-12,18H,13-14H2. The lowest BCUT2D eigenvalue weighted by Crippen LogP contribution is -2.56. The lowest BCUT2D eigenvalue weighted by molar-refractivity contribution is 0.0160. The van der Waals surface area contributed by atoms with E-state index in [0.29, 0.717) is 29.6 Å². The van der Waals surface area contributed by atoms with Crippen molar-refractivity contribution in [2.45, 2.75) is 6.10 Å². The molecule has 0 spiro atoms. The van der Waals surface area contributed by atoms with Gasteiger partial charge in [0.1, 0.15) is 11.1 Å². The molecule has 0 radical (unpaired) electrons. The number of amides is 1. The Bertz CT molecular complexity index is 907. The van der Waals surface area contributed by atoms with Crippen molar-refractivity contribution in [2.24, 2.45) is 0 Å². The van der Waals surface area contributed by atoms with E-state index in [1.807, 2.05) is 42.5 Å². The molecule has 2 heterocycles. The normalized spacial score (nSPS) is 14.0. The molecule has 0 bridgehead atoms. The number of carbonyl (C=O) groups is 1. The van der Waals surface area contributed by atoms with Crippen molar-refractivity contribution in [3.05, 3.63) is 83.5 Å². The van der Waals surface area contributed by atoms with Crippen LogP contribution in [0, 0.1) is 0 Å². The molecule has 1 aliphatic heterocycles. The van der Waals surface area contributed by atoms with Crippen LogP contribution in [-0.2, 0) is 0 Å². The highest BCUT2D eigenvalue weighted by Crippen LogP contribution is 2.25. The summed E-state index contributed by atoms with van der Waals surface area (Å²) in [7, 11) is 0. The van der Waals surface area contributed by atoms with E-state index in [4.69, 9.17) is 16.3 Å². The molecule has 0 N–H and O–H groups in total. The topological polar surface area (TPSA) is 42.4 Å². The highest BCUT2D eigenvalue weighted by atomic mass is 35.5. The third kappa shape index (κ3) is 3.41. The maximum atomic E-state index is 12.6. The number of pyridine rings is 1. The van der Waals surface area contributed by atoms with Crippen LogP contribution in [0.25, 0.3) is 11.1 Å². The van der Waals surface area contributed by atoms with E-state index >= 15 is 0 Å². The van der Waals surface area contributed by atoms with Crippen LogP contribution in [0.2, 0.25) is 5.02 Å². The fourth-order valence-corrected chi connectivity index (χ4v) is 3.08. The number of hydrogen-bond acceptors (Lipinski definition) is 3. The molecule has 1 saturated heterocycles. The van der Waals surface area contributed by atoms with E-state index < -0.39 is 0 Å². The molecule has 130 valence electrons. The average molecular weight is 365 g/mol. The summed E-state index contributed by atoms with van der Waals surface area (Å²) >= 11 is 6.04. The van der Waals surface area contributed by atoms with Crippen molar-refractivity contribution in [3.8, 4) is 17.0 Å². The van der Waals surface area contributed by atoms with E-state index in [-0.39, 0.29) is 12.0 Å². The number of carbonyl (C=O) groups excluding carboxylic acids is 1. The third-order valence-electron chi connectivity index (χ3n) is 4.38. The second-order valence-electron chi connectivity index (χ2n) is 6.18. The van der Waals surface area contributed by atoms with E-state index in [2.05, 4.69) is 17.1 Å². The van der Waals surface area contributed by atoms with Crippen molar-refractivity contribution in [3.63, 3.8) is 0 Å². The van der Waals surface area contributed by atoms with Gasteiger partial charge in [-0.1, -0.05) is 54.1 Å². The first-order valence-electron chi connectivity index (χ1n) is 8.42. The summed E-state index contributed by atoms with van der Waals surface area (Å²) in [5.74, 6) is 0.426. The molecule has 26 heavy (non-hydrogen) atoms. The van der Waals surface area contributed by atoms with Crippen LogP contribution < -0.4 is 4.74 Å². The minimum absolute atomic E-state index is 0.0107. The van der Waals surface area contributed by atoms with Crippen molar-refractivity contribution in [2.75, 3.05) is 13.1 Å². The second kappa shape index (κ2) is 7.18. The lowest BCUT2D eigenvalue weighted by Gasteiger charge is -2.38. The van der Waals surface area contributed by atoms with Gasteiger partial charge in [0.05, 0.1) is 13.1 Å². The van der Waals surface area contributed by atoms with Crippen molar-refractivity contribution in [1.29, 1.82) is 0 Å². The van der Waals surface area contributed by atoms with Crippen LogP contribution in [0.5, 0.6) is 5.88 Å². The van der Waals surface area contributed by atoms with Gasteiger partial charge >= 0.3 is 0 Å². The van der Waals surface area contributed by atoms with E-state index in [0.717, 1.165) is 11.1 Å². The van der Waals surface area contributed by atoms with E-state index in [1.54, 1.807) is 23.2 Å². The van der Waals surface area contributed by atoms with Crippen LogP contribution in [-0.4, -0.2) is 35.0 Å². The Morgan fingerprint density at radius 2 is 1.65 bits per heavy atom. The summed E-state index contributed by atoms with van der Waals surface area (Å²) in [5.41, 5.74) is 2.91. The van der Waals surface area contributed by atoms with Gasteiger partial charge in [0.2, 0.25) is 5.88 Å². The molecule has 1 aliphatic rings. The first-order chi connectivity index (χ1) is 12.7. The molecule has 0 unspecified atom stereocenters. The quantitative estimate of drug-likeness (QED) is 0.693. The molecule has 2 aromatic carbocycles. The lowest BCUT2D eigenvalue weighted by atomic mass is 10.0. The summed E-state index contributed by atoms with van der Waals surface area (Å²) < 4.78 is 5.74. The SMILES string of the molecule is O=C(c1ccc(-c2ccccc2)cc1)N1CC(Oc2ncccc2Cl)C1. The van der Waals surface area contributed by atoms with E-state index in [1.165, 1.54) is 0 Å². The fourth-order valence-electron chi connectivity index (χ4n) is 2.91. The number of likely N-dealkylation sites (tertiary alicyclic amines) is 1. The van der Waals surface area contributed by atoms with Gasteiger partial charge in [0, 0.05) is 11.8 Å². The molecule has 4 rings (SSSR count). The summed E-state index contributed by atoms with van der Waals surface area (Å²) in [4.78, 5) is 18.4. The highest BCUT2D eigenvalue weighted by Gasteiger charge is 2.33. The predicted molar refractivity (Wildman–Crippen MR) is 101 cm³/mol. The van der Waals surface area contributed by atoms with E-state index in [9.17, 15) is 4.79 Å². The Labute approximate surface area is 157 Å². The van der Waals surface area contributed by atoms with Crippen LogP contribution in [0.1, 0.15) is 10.4 Å². The van der Waals surface area contributed by atoms with Crippen molar-refractivity contribution < 1.29 is 9.53 Å². The molecule has 1 amide bonds. The van der Waals surface area contributed by atoms with Crippen molar-refractivity contribution in [1.82, 2.24) is 9.88 Å². The van der Waals surface area contributed by atoms with Gasteiger partial charge in [-0.2, -0.15) is 0 Å². The zero-order valence-corrected chi connectivity index (χ0v) is 14.8. The summed E-state index contributed by atoms with van der Waals surface area (Å²) in [6, 6.07) is 21.3. The summed E-state index contributed by atoms with van der Waals surface area (Å²) in [6.07, 6.45) is 1.56. The average Bonchev–Trinajstić information content (AvgIpc) is 2.66. The van der Waals surface area contributed by atoms with Crippen LogP contribution in [0.3, 0.4) is 0 Å². The van der Waals surface area contributed by atoms with Gasteiger partial charge in [-0.05, 0) is 35.4 Å². The largest absolute Gasteiger partial charge is 0.470 e. The zero-order chi connectivity index (χ0) is 17.9. The second-order valence-corrected chi connectivity index (χ2v) is 6.59. The number of ether oxygens (including phenoxy) is 1. The molecule has 0 saturated carbocycles. The number of hydrogen-bond donors (Lipinski definition) is 0. The van der Waals surface area contributed by atoms with Gasteiger partial charge in [-0.15, -0.1) is 0 Å². The minimum atomic E-state index is -0.0741. The molecular weight excluding hydrogens is 348 g/mol. The molecule has 0 aliphatic carbocycles. The number of rotatable bonds is 4. The fraction of sp³-hybridized carbons (Fsp3) is 0.143. The minimum Gasteiger partial charge on any atom is -0.470 e. The molecule has 0 atom stereocenters. The molecule has 1 aromatic heterocycles. The van der Waals surface area contributed by atoms with Gasteiger partial charge in [0.25, 0.3) is 5.91 Å². The first-order valence-corrected chi connectivity index (χ1v) is 8.80. The maximum absolute atomic E-state index is 12.6. The Kier molecular flexibility index (Phi) is 4.59. The maximum Gasteiger partial charge on any atom is 0.254 e. The van der Waals surface area contributed by atoms with Crippen LogP contribution in [0.15, 0.2) is 72.9 Å². The Balaban J connectivity index is 1.37. The predicted octanol–water partition coefficient (Wildman–Crippen LogP) is 4.31. The number of nitrogens with zero attached hydrogens (tertiary/aromatic N) is 2. The van der Waals surface area contributed by atoms with Crippen LogP contribution >= 0.6 is 11.6 Å². The number of halogens is 1. The van der Waals surface area contributed by atoms with Gasteiger partial charge < -0.3 is 9.64 Å². The Morgan fingerprint density at radius 3 is 2.35 bits per heavy atom. The molecular formula is C21H17ClN2O2. The van der Waals surface area contributed by atoms with Crippen LogP contribution in [0.4, 0.5) is 0 Å². The number of benzene rings is 2. The molecule has 3 aromatic rings. The smallest absolute Gasteiger partial charge is 0.254 e. The Morgan fingerprint density at radius 1 is 0.962 bits per heavy atom. The highest BCUT2D eigenvalue weighted by molar-refractivity contribution is 6.31.